The van der Waals surface area contributed by atoms with Crippen LogP contribution >= 0.6 is 0 Å². The van der Waals surface area contributed by atoms with E-state index in [0.717, 1.165) is 0 Å². The number of hydrogen-bond acceptors (Lipinski definition) is 5. The van der Waals surface area contributed by atoms with Crippen LogP contribution in [0.25, 0.3) is 0 Å². The molecule has 6 nitrogen and oxygen atoms in total. The topological polar surface area (TPSA) is 127 Å². The zero-order valence-corrected chi connectivity index (χ0v) is 8.88. The highest BCUT2D eigenvalue weighted by molar-refractivity contribution is 8.28. The number of rotatable bonds is 6. The lowest BCUT2D eigenvalue weighted by Crippen LogP contribution is -2.40. The SMILES string of the molecule is NC(CS(=S)CC(N)C(=O)O)C(=O)O. The summed E-state index contributed by atoms with van der Waals surface area (Å²) in [6.45, 7) is 0. The van der Waals surface area contributed by atoms with Crippen molar-refractivity contribution in [3.8, 4) is 0 Å². The summed E-state index contributed by atoms with van der Waals surface area (Å²) in [5.74, 6) is -2.13. The first kappa shape index (κ1) is 13.4. The quantitative estimate of drug-likeness (QED) is 0.418. The Balaban J connectivity index is 3.99. The van der Waals surface area contributed by atoms with Gasteiger partial charge in [0.25, 0.3) is 0 Å². The minimum atomic E-state index is -1.14. The van der Waals surface area contributed by atoms with E-state index in [1.54, 1.807) is 0 Å². The van der Waals surface area contributed by atoms with Gasteiger partial charge in [0, 0.05) is 11.5 Å². The van der Waals surface area contributed by atoms with Crippen LogP contribution in [0.15, 0.2) is 0 Å². The Hall–Kier alpha value is -0.570. The third-order valence-electron chi connectivity index (χ3n) is 1.37. The molecule has 0 aromatic carbocycles. The molecule has 0 aliphatic carbocycles. The molecule has 0 aromatic heterocycles. The van der Waals surface area contributed by atoms with Crippen molar-refractivity contribution in [2.45, 2.75) is 12.1 Å². The molecule has 0 spiro atoms. The molecule has 0 amide bonds. The maximum atomic E-state index is 10.3. The van der Waals surface area contributed by atoms with Gasteiger partial charge in [0.15, 0.2) is 0 Å². The van der Waals surface area contributed by atoms with E-state index in [0.29, 0.717) is 0 Å². The van der Waals surface area contributed by atoms with Crippen LogP contribution in [0.4, 0.5) is 0 Å². The van der Waals surface area contributed by atoms with E-state index in [2.05, 4.69) is 0 Å². The van der Waals surface area contributed by atoms with Crippen molar-refractivity contribution >= 4 is 32.6 Å². The van der Waals surface area contributed by atoms with Gasteiger partial charge in [-0.3, -0.25) is 9.59 Å². The van der Waals surface area contributed by atoms with Crippen LogP contribution < -0.4 is 11.5 Å². The Kier molecular flexibility index (Phi) is 5.77. The van der Waals surface area contributed by atoms with Gasteiger partial charge >= 0.3 is 11.9 Å². The Morgan fingerprint density at radius 2 is 1.43 bits per heavy atom. The van der Waals surface area contributed by atoms with Gasteiger partial charge in [0.2, 0.25) is 0 Å². The molecular weight excluding hydrogens is 228 g/mol. The van der Waals surface area contributed by atoms with Crippen LogP contribution in [0.2, 0.25) is 0 Å². The summed E-state index contributed by atoms with van der Waals surface area (Å²) in [5, 5.41) is 16.9. The average molecular weight is 240 g/mol. The van der Waals surface area contributed by atoms with E-state index in [9.17, 15) is 9.59 Å². The van der Waals surface area contributed by atoms with Crippen LogP contribution in [-0.4, -0.2) is 45.7 Å². The maximum Gasteiger partial charge on any atom is 0.321 e. The highest BCUT2D eigenvalue weighted by Gasteiger charge is 2.17. The lowest BCUT2D eigenvalue weighted by molar-refractivity contribution is -0.138. The summed E-state index contributed by atoms with van der Waals surface area (Å²) in [5.41, 5.74) is 10.4. The van der Waals surface area contributed by atoms with Gasteiger partial charge in [-0.05, 0) is 0 Å². The smallest absolute Gasteiger partial charge is 0.321 e. The second-order valence-electron chi connectivity index (χ2n) is 2.66. The van der Waals surface area contributed by atoms with Crippen LogP contribution in [0, 0.1) is 0 Å². The zero-order valence-electron chi connectivity index (χ0n) is 7.25. The van der Waals surface area contributed by atoms with Gasteiger partial charge < -0.3 is 21.7 Å². The first-order valence-corrected chi connectivity index (χ1v) is 6.15. The summed E-state index contributed by atoms with van der Waals surface area (Å²) in [4.78, 5) is 20.7. The fraction of sp³-hybridized carbons (Fsp3) is 0.667. The largest absolute Gasteiger partial charge is 0.480 e. The second kappa shape index (κ2) is 6.02. The molecule has 0 radical (unpaired) electrons. The van der Waals surface area contributed by atoms with Crippen LogP contribution in [-0.2, 0) is 30.2 Å². The predicted molar refractivity (Wildman–Crippen MR) is 55.7 cm³/mol. The van der Waals surface area contributed by atoms with E-state index in [-0.39, 0.29) is 11.5 Å². The van der Waals surface area contributed by atoms with E-state index in [1.165, 1.54) is 0 Å². The highest BCUT2D eigenvalue weighted by Crippen LogP contribution is 1.92. The molecule has 0 bridgehead atoms. The van der Waals surface area contributed by atoms with E-state index >= 15 is 0 Å². The number of hydrogen-bond donors (Lipinski definition) is 4. The molecule has 0 rings (SSSR count). The number of carboxylic acids is 2. The van der Waals surface area contributed by atoms with Crippen molar-refractivity contribution in [2.75, 3.05) is 11.5 Å². The monoisotopic (exact) mass is 240 g/mol. The molecule has 14 heavy (non-hydrogen) atoms. The fourth-order valence-corrected chi connectivity index (χ4v) is 2.71. The van der Waals surface area contributed by atoms with Crippen molar-refractivity contribution in [1.82, 2.24) is 0 Å². The first-order chi connectivity index (χ1) is 6.34. The Morgan fingerprint density at radius 3 is 1.64 bits per heavy atom. The second-order valence-corrected chi connectivity index (χ2v) is 5.62. The zero-order chi connectivity index (χ0) is 11.3. The maximum absolute atomic E-state index is 10.3. The molecule has 8 heteroatoms. The lowest BCUT2D eigenvalue weighted by Gasteiger charge is -2.11. The third kappa shape index (κ3) is 5.22. The molecule has 0 saturated heterocycles. The van der Waals surface area contributed by atoms with Gasteiger partial charge in [-0.25, -0.2) is 0 Å². The minimum absolute atomic E-state index is 0.0750. The molecule has 2 unspecified atom stereocenters. The predicted octanol–water partition coefficient (Wildman–Crippen LogP) is -2.11. The van der Waals surface area contributed by atoms with E-state index in [4.69, 9.17) is 32.9 Å². The molecule has 0 fully saturated rings. The van der Waals surface area contributed by atoms with Gasteiger partial charge in [0.05, 0.1) is 0 Å². The summed E-state index contributed by atoms with van der Waals surface area (Å²) >= 11 is 4.87. The number of carboxylic acid groups (broad SMARTS) is 2. The van der Waals surface area contributed by atoms with Crippen LogP contribution in [0.3, 0.4) is 0 Å². The minimum Gasteiger partial charge on any atom is -0.480 e. The van der Waals surface area contributed by atoms with Gasteiger partial charge in [-0.15, -0.1) is 9.45 Å². The lowest BCUT2D eigenvalue weighted by atomic mass is 10.4. The van der Waals surface area contributed by atoms with Crippen molar-refractivity contribution in [2.24, 2.45) is 11.5 Å². The van der Waals surface area contributed by atoms with Gasteiger partial charge in [0.1, 0.15) is 12.1 Å². The summed E-state index contributed by atoms with van der Waals surface area (Å²) < 4.78 is 0. The van der Waals surface area contributed by atoms with Crippen LogP contribution in [0.5, 0.6) is 0 Å². The Morgan fingerprint density at radius 1 is 1.14 bits per heavy atom. The summed E-state index contributed by atoms with van der Waals surface area (Å²) in [6, 6.07) is -2.09. The number of nitrogens with two attached hydrogens (primary N) is 2. The standard InChI is InChI=1S/C6H12N2O4S2/c7-3(5(9)10)1-14(13)2-4(8)6(11)12/h3-4H,1-2,7-8H2,(H,9,10)(H,11,12). The van der Waals surface area contributed by atoms with Crippen molar-refractivity contribution in [3.05, 3.63) is 0 Å². The molecule has 2 atom stereocenters. The van der Waals surface area contributed by atoms with E-state index < -0.39 is 33.5 Å². The number of aliphatic carboxylic acids is 2. The fourth-order valence-electron chi connectivity index (χ4n) is 0.611. The highest BCUT2D eigenvalue weighted by atomic mass is 32.8. The molecule has 0 aromatic rings. The molecule has 0 aliphatic heterocycles. The molecule has 6 N–H and O–H groups in total. The molecular formula is C6H12N2O4S2. The number of carbonyl (C=O) groups is 2. The van der Waals surface area contributed by atoms with Crippen LogP contribution in [0.1, 0.15) is 0 Å². The van der Waals surface area contributed by atoms with Crippen molar-refractivity contribution in [1.29, 1.82) is 0 Å². The average Bonchev–Trinajstić information content (AvgIpc) is 2.03. The van der Waals surface area contributed by atoms with Gasteiger partial charge in [-0.2, -0.15) is 0 Å². The van der Waals surface area contributed by atoms with Crippen molar-refractivity contribution in [3.63, 3.8) is 0 Å². The molecule has 0 heterocycles. The van der Waals surface area contributed by atoms with Gasteiger partial charge in [-0.1, -0.05) is 11.2 Å². The first-order valence-electron chi connectivity index (χ1n) is 3.66. The molecule has 0 saturated carbocycles. The van der Waals surface area contributed by atoms with E-state index in [1.807, 2.05) is 0 Å². The summed E-state index contributed by atoms with van der Waals surface area (Å²) in [7, 11) is -0.800. The molecule has 82 valence electrons. The van der Waals surface area contributed by atoms with Crippen molar-refractivity contribution < 1.29 is 19.8 Å². The molecule has 0 aliphatic rings. The normalized spacial score (nSPS) is 17.0. The Labute approximate surface area is 87.9 Å². The summed E-state index contributed by atoms with van der Waals surface area (Å²) in [6.07, 6.45) is 0. The third-order valence-corrected chi connectivity index (χ3v) is 3.64. The Bertz CT molecular complexity index is 234.